The van der Waals surface area contributed by atoms with Crippen LogP contribution in [-0.2, 0) is 19.6 Å². The number of carbonyl (C=O) groups is 1. The lowest BCUT2D eigenvalue weighted by Crippen LogP contribution is -2.54. The van der Waals surface area contributed by atoms with Crippen LogP contribution < -0.4 is 5.73 Å². The molecule has 2 N–H and O–H groups in total. The van der Waals surface area contributed by atoms with Crippen LogP contribution in [0.4, 0.5) is 0 Å². The second-order valence-electron chi connectivity index (χ2n) is 4.74. The second kappa shape index (κ2) is 5.99. The van der Waals surface area contributed by atoms with Crippen molar-refractivity contribution in [2.24, 2.45) is 5.73 Å². The molecule has 1 saturated heterocycles. The van der Waals surface area contributed by atoms with E-state index in [1.807, 2.05) is 0 Å². The number of ether oxygens (including phenoxy) is 1. The lowest BCUT2D eigenvalue weighted by Gasteiger charge is -2.37. The van der Waals surface area contributed by atoms with Gasteiger partial charge in [0, 0.05) is 18.6 Å². The standard InChI is InChI=1S/C11H22N2O4S/c1-8(12)10-6-4-5-7-13(10)18(15,16)9(2)11(14)17-3/h8-10H,4-7,12H2,1-3H3. The summed E-state index contributed by atoms with van der Waals surface area (Å²) in [5, 5.41) is -1.18. The zero-order valence-electron chi connectivity index (χ0n) is 11.1. The minimum atomic E-state index is -3.69. The van der Waals surface area contributed by atoms with Crippen molar-refractivity contribution in [3.63, 3.8) is 0 Å². The molecular weight excluding hydrogens is 256 g/mol. The van der Waals surface area contributed by atoms with E-state index in [1.54, 1.807) is 6.92 Å². The van der Waals surface area contributed by atoms with Crippen molar-refractivity contribution in [1.82, 2.24) is 4.31 Å². The van der Waals surface area contributed by atoms with Crippen LogP contribution in [-0.4, -0.2) is 49.7 Å². The fourth-order valence-corrected chi connectivity index (χ4v) is 4.07. The van der Waals surface area contributed by atoms with Crippen LogP contribution in [0, 0.1) is 0 Å². The Balaban J connectivity index is 2.98. The summed E-state index contributed by atoms with van der Waals surface area (Å²) in [6, 6.07) is -0.472. The van der Waals surface area contributed by atoms with Gasteiger partial charge < -0.3 is 10.5 Å². The predicted octanol–water partition coefficient (Wildman–Crippen LogP) is 0.0794. The van der Waals surface area contributed by atoms with Crippen molar-refractivity contribution in [3.05, 3.63) is 0 Å². The van der Waals surface area contributed by atoms with Gasteiger partial charge in [0.25, 0.3) is 0 Å². The maximum Gasteiger partial charge on any atom is 0.325 e. The zero-order valence-corrected chi connectivity index (χ0v) is 11.9. The molecule has 1 rings (SSSR count). The van der Waals surface area contributed by atoms with Gasteiger partial charge in [-0.2, -0.15) is 4.31 Å². The molecule has 0 aromatic heterocycles. The van der Waals surface area contributed by atoms with Gasteiger partial charge in [0.1, 0.15) is 0 Å². The third kappa shape index (κ3) is 3.02. The Hall–Kier alpha value is -0.660. The number of carbonyl (C=O) groups excluding carboxylic acids is 1. The largest absolute Gasteiger partial charge is 0.468 e. The highest BCUT2D eigenvalue weighted by Gasteiger charge is 2.40. The topological polar surface area (TPSA) is 89.7 Å². The molecular formula is C11H22N2O4S. The number of methoxy groups -OCH3 is 1. The summed E-state index contributed by atoms with van der Waals surface area (Å²) in [4.78, 5) is 11.4. The summed E-state index contributed by atoms with van der Waals surface area (Å²) in [6.07, 6.45) is 2.51. The van der Waals surface area contributed by atoms with E-state index >= 15 is 0 Å². The SMILES string of the molecule is COC(=O)C(C)S(=O)(=O)N1CCCCC1C(C)N. The van der Waals surface area contributed by atoms with Gasteiger partial charge in [-0.15, -0.1) is 0 Å². The van der Waals surface area contributed by atoms with Crippen molar-refractivity contribution in [2.45, 2.75) is 50.4 Å². The lowest BCUT2D eigenvalue weighted by atomic mass is 10.00. The maximum atomic E-state index is 12.4. The summed E-state index contributed by atoms with van der Waals surface area (Å²) in [5.41, 5.74) is 5.84. The molecule has 18 heavy (non-hydrogen) atoms. The highest BCUT2D eigenvalue weighted by atomic mass is 32.2. The fourth-order valence-electron chi connectivity index (χ4n) is 2.26. The summed E-state index contributed by atoms with van der Waals surface area (Å²) < 4.78 is 30.6. The van der Waals surface area contributed by atoms with Gasteiger partial charge in [-0.25, -0.2) is 8.42 Å². The molecule has 106 valence electrons. The lowest BCUT2D eigenvalue weighted by molar-refractivity contribution is -0.139. The number of rotatable bonds is 4. The number of nitrogens with two attached hydrogens (primary N) is 1. The number of nitrogens with zero attached hydrogens (tertiary/aromatic N) is 1. The van der Waals surface area contributed by atoms with Crippen LogP contribution in [0.1, 0.15) is 33.1 Å². The molecule has 1 aliphatic rings. The summed E-state index contributed by atoms with van der Waals surface area (Å²) in [6.45, 7) is 3.57. The Labute approximate surface area is 109 Å². The Kier molecular flexibility index (Phi) is 5.12. The second-order valence-corrected chi connectivity index (χ2v) is 6.95. The molecule has 0 aromatic rings. The van der Waals surface area contributed by atoms with Crippen molar-refractivity contribution in [3.8, 4) is 0 Å². The molecule has 3 atom stereocenters. The van der Waals surface area contributed by atoms with E-state index in [9.17, 15) is 13.2 Å². The maximum absolute atomic E-state index is 12.4. The van der Waals surface area contributed by atoms with E-state index in [2.05, 4.69) is 4.74 Å². The third-order valence-corrected chi connectivity index (χ3v) is 5.61. The van der Waals surface area contributed by atoms with Crippen molar-refractivity contribution >= 4 is 16.0 Å². The molecule has 1 heterocycles. The monoisotopic (exact) mass is 278 g/mol. The average Bonchev–Trinajstić information content (AvgIpc) is 2.36. The van der Waals surface area contributed by atoms with Crippen molar-refractivity contribution in [2.75, 3.05) is 13.7 Å². The van der Waals surface area contributed by atoms with Gasteiger partial charge in [0.15, 0.2) is 5.25 Å². The predicted molar refractivity (Wildman–Crippen MR) is 68.4 cm³/mol. The van der Waals surface area contributed by atoms with Gasteiger partial charge in [-0.3, -0.25) is 4.79 Å². The van der Waals surface area contributed by atoms with Crippen molar-refractivity contribution in [1.29, 1.82) is 0 Å². The van der Waals surface area contributed by atoms with Gasteiger partial charge >= 0.3 is 5.97 Å². The van der Waals surface area contributed by atoms with Gasteiger partial charge in [-0.05, 0) is 26.7 Å². The minimum Gasteiger partial charge on any atom is -0.468 e. The molecule has 0 saturated carbocycles. The smallest absolute Gasteiger partial charge is 0.325 e. The Morgan fingerprint density at radius 1 is 1.39 bits per heavy atom. The van der Waals surface area contributed by atoms with Gasteiger partial charge in [-0.1, -0.05) is 6.42 Å². The first-order chi connectivity index (χ1) is 8.32. The van der Waals surface area contributed by atoms with Crippen LogP contribution in [0.25, 0.3) is 0 Å². The Morgan fingerprint density at radius 2 is 2.00 bits per heavy atom. The van der Waals surface area contributed by atoms with E-state index < -0.39 is 21.2 Å². The highest BCUT2D eigenvalue weighted by Crippen LogP contribution is 2.24. The first-order valence-electron chi connectivity index (χ1n) is 6.16. The highest BCUT2D eigenvalue weighted by molar-refractivity contribution is 7.90. The molecule has 1 fully saturated rings. The molecule has 0 aliphatic carbocycles. The van der Waals surface area contributed by atoms with Crippen LogP contribution in [0.5, 0.6) is 0 Å². The number of sulfonamides is 1. The van der Waals surface area contributed by atoms with E-state index in [4.69, 9.17) is 5.73 Å². The van der Waals surface area contributed by atoms with E-state index in [0.717, 1.165) is 19.3 Å². The first kappa shape index (κ1) is 15.4. The Morgan fingerprint density at radius 3 is 2.50 bits per heavy atom. The Bertz CT molecular complexity index is 394. The number of hydrogen-bond donors (Lipinski definition) is 1. The molecule has 0 radical (unpaired) electrons. The van der Waals surface area contributed by atoms with Crippen LogP contribution in [0.3, 0.4) is 0 Å². The number of piperidine rings is 1. The van der Waals surface area contributed by atoms with E-state index in [0.29, 0.717) is 6.54 Å². The molecule has 0 aromatic carbocycles. The van der Waals surface area contributed by atoms with E-state index in [1.165, 1.54) is 18.3 Å². The molecule has 7 heteroatoms. The average molecular weight is 278 g/mol. The molecule has 3 unspecified atom stereocenters. The number of esters is 1. The van der Waals surface area contributed by atoms with E-state index in [-0.39, 0.29) is 12.1 Å². The van der Waals surface area contributed by atoms with Crippen LogP contribution in [0.2, 0.25) is 0 Å². The summed E-state index contributed by atoms with van der Waals surface area (Å²) in [7, 11) is -2.50. The summed E-state index contributed by atoms with van der Waals surface area (Å²) in [5.74, 6) is -0.732. The molecule has 1 aliphatic heterocycles. The van der Waals surface area contributed by atoms with Gasteiger partial charge in [0.2, 0.25) is 10.0 Å². The quantitative estimate of drug-likeness (QED) is 0.736. The van der Waals surface area contributed by atoms with Crippen molar-refractivity contribution < 1.29 is 17.9 Å². The molecule has 6 nitrogen and oxygen atoms in total. The normalized spacial score (nSPS) is 25.4. The first-order valence-corrected chi connectivity index (χ1v) is 7.66. The van der Waals surface area contributed by atoms with Gasteiger partial charge in [0.05, 0.1) is 7.11 Å². The fraction of sp³-hybridized carbons (Fsp3) is 0.909. The molecule has 0 bridgehead atoms. The minimum absolute atomic E-state index is 0.226. The molecule has 0 spiro atoms. The number of hydrogen-bond acceptors (Lipinski definition) is 5. The summed E-state index contributed by atoms with van der Waals surface area (Å²) >= 11 is 0. The molecule has 0 amide bonds. The van der Waals surface area contributed by atoms with Crippen LogP contribution >= 0.6 is 0 Å². The zero-order chi connectivity index (χ0) is 13.9. The van der Waals surface area contributed by atoms with Crippen LogP contribution in [0.15, 0.2) is 0 Å². The third-order valence-electron chi connectivity index (χ3n) is 3.41.